The molecule has 0 bridgehead atoms. The van der Waals surface area contributed by atoms with Crippen LogP contribution in [0, 0.1) is 0 Å². The second-order valence-corrected chi connectivity index (χ2v) is 9.90. The number of aliphatic imine (C=N–C) groups is 1. The summed E-state index contributed by atoms with van der Waals surface area (Å²) in [6.45, 7) is 2.06. The molecule has 0 radical (unpaired) electrons. The van der Waals surface area contributed by atoms with Crippen LogP contribution in [0.25, 0.3) is 11.1 Å². The monoisotopic (exact) mass is 529 g/mol. The molecule has 0 aliphatic carbocycles. The number of halogens is 2. The number of hydrogen-bond acceptors (Lipinski definition) is 5. The van der Waals surface area contributed by atoms with E-state index in [9.17, 15) is 18.4 Å². The number of oxazole rings is 1. The molecule has 198 valence electrons. The summed E-state index contributed by atoms with van der Waals surface area (Å²) in [7, 11) is 0. The third kappa shape index (κ3) is 4.54. The summed E-state index contributed by atoms with van der Waals surface area (Å²) in [4.78, 5) is 33.7. The van der Waals surface area contributed by atoms with Crippen LogP contribution in [0.5, 0.6) is 5.75 Å². The zero-order valence-electron chi connectivity index (χ0n) is 21.3. The Labute approximate surface area is 222 Å². The van der Waals surface area contributed by atoms with Gasteiger partial charge in [0.1, 0.15) is 11.9 Å². The number of para-hydroxylation sites is 1. The van der Waals surface area contributed by atoms with E-state index in [2.05, 4.69) is 9.98 Å². The number of amides is 1. The Morgan fingerprint density at radius 3 is 2.54 bits per heavy atom. The molecule has 7 nitrogen and oxygen atoms in total. The SMILES string of the molecule is C[C@@H](Oc1ccc(C2C3=C(CN=C3c3cccc4[nH]c(=O)oc34)C(=O)N2CC(C)(F)F)cc1)c1ccccc1. The molecular weight excluding hydrogens is 504 g/mol. The molecule has 1 aromatic heterocycles. The van der Waals surface area contributed by atoms with E-state index in [0.29, 0.717) is 44.8 Å². The van der Waals surface area contributed by atoms with Gasteiger partial charge in [-0.2, -0.15) is 0 Å². The van der Waals surface area contributed by atoms with E-state index in [4.69, 9.17) is 9.15 Å². The number of H-pyrrole nitrogens is 1. The van der Waals surface area contributed by atoms with E-state index in [-0.39, 0.29) is 12.6 Å². The predicted octanol–water partition coefficient (Wildman–Crippen LogP) is 5.60. The molecule has 9 heteroatoms. The third-order valence-electron chi connectivity index (χ3n) is 7.01. The van der Waals surface area contributed by atoms with E-state index in [1.165, 1.54) is 4.90 Å². The van der Waals surface area contributed by atoms with Gasteiger partial charge in [0.2, 0.25) is 0 Å². The Bertz CT molecular complexity index is 1680. The van der Waals surface area contributed by atoms with Gasteiger partial charge in [0, 0.05) is 23.6 Å². The molecule has 1 amide bonds. The molecule has 0 spiro atoms. The smallest absolute Gasteiger partial charge is 0.417 e. The second-order valence-electron chi connectivity index (χ2n) is 9.90. The standard InChI is InChI=1S/C30H25F2N3O4/c1-17(18-7-4-3-5-8-18)38-20-13-11-19(12-14-20)26-24-22(28(36)35(26)16-30(2,31)32)15-33-25(24)21-9-6-10-23-27(21)39-29(37)34-23/h3-14,17,26H,15-16H2,1-2H3,(H,34,37)/t17-,26?/m1/s1. The first-order valence-corrected chi connectivity index (χ1v) is 12.6. The predicted molar refractivity (Wildman–Crippen MR) is 142 cm³/mol. The number of aromatic amines is 1. The fourth-order valence-electron chi connectivity index (χ4n) is 5.32. The third-order valence-corrected chi connectivity index (χ3v) is 7.01. The van der Waals surface area contributed by atoms with Gasteiger partial charge >= 0.3 is 5.76 Å². The highest BCUT2D eigenvalue weighted by atomic mass is 19.3. The number of nitrogens with one attached hydrogen (secondary N) is 1. The van der Waals surface area contributed by atoms with Crippen molar-refractivity contribution in [3.05, 3.63) is 111 Å². The molecule has 0 saturated heterocycles. The molecule has 0 saturated carbocycles. The fourth-order valence-corrected chi connectivity index (χ4v) is 5.32. The van der Waals surface area contributed by atoms with Crippen molar-refractivity contribution in [2.24, 2.45) is 4.99 Å². The maximum absolute atomic E-state index is 14.3. The normalized spacial score (nSPS) is 18.1. The first-order valence-electron chi connectivity index (χ1n) is 12.6. The van der Waals surface area contributed by atoms with Gasteiger partial charge < -0.3 is 14.1 Å². The van der Waals surface area contributed by atoms with Crippen LogP contribution in [0.1, 0.15) is 42.7 Å². The molecule has 0 fully saturated rings. The molecule has 2 atom stereocenters. The Morgan fingerprint density at radius 2 is 1.82 bits per heavy atom. The molecule has 6 rings (SSSR count). The lowest BCUT2D eigenvalue weighted by molar-refractivity contribution is -0.132. The van der Waals surface area contributed by atoms with Crippen molar-refractivity contribution in [3.63, 3.8) is 0 Å². The minimum Gasteiger partial charge on any atom is -0.486 e. The summed E-state index contributed by atoms with van der Waals surface area (Å²) >= 11 is 0. The van der Waals surface area contributed by atoms with E-state index >= 15 is 0 Å². The molecule has 1 unspecified atom stereocenters. The van der Waals surface area contributed by atoms with Crippen molar-refractivity contribution in [3.8, 4) is 5.75 Å². The lowest BCUT2D eigenvalue weighted by Gasteiger charge is -2.30. The molecule has 39 heavy (non-hydrogen) atoms. The lowest BCUT2D eigenvalue weighted by Crippen LogP contribution is -2.40. The highest BCUT2D eigenvalue weighted by Gasteiger charge is 2.47. The van der Waals surface area contributed by atoms with E-state index in [1.54, 1.807) is 42.5 Å². The number of alkyl halides is 2. The highest BCUT2D eigenvalue weighted by Crippen LogP contribution is 2.44. The minimum absolute atomic E-state index is 0.0621. The number of hydrogen-bond donors (Lipinski definition) is 1. The number of fused-ring (bicyclic) bond motifs is 1. The molecule has 4 aromatic rings. The maximum atomic E-state index is 14.3. The number of carbonyl (C=O) groups excluding carboxylic acids is 1. The Balaban J connectivity index is 1.38. The molecular formula is C30H25F2N3O4. The summed E-state index contributed by atoms with van der Waals surface area (Å²) in [6.07, 6.45) is -0.195. The van der Waals surface area contributed by atoms with Gasteiger partial charge in [-0.1, -0.05) is 48.5 Å². The highest BCUT2D eigenvalue weighted by molar-refractivity contribution is 6.25. The van der Waals surface area contributed by atoms with Gasteiger partial charge in [0.15, 0.2) is 5.58 Å². The number of benzene rings is 3. The molecule has 3 heterocycles. The summed E-state index contributed by atoms with van der Waals surface area (Å²) < 4.78 is 40.1. The molecule has 3 aromatic carbocycles. The van der Waals surface area contributed by atoms with Crippen molar-refractivity contribution in [1.29, 1.82) is 0 Å². The average Bonchev–Trinajstić information content (AvgIpc) is 3.58. The van der Waals surface area contributed by atoms with Crippen LogP contribution in [-0.2, 0) is 4.79 Å². The van der Waals surface area contributed by atoms with Crippen LogP contribution >= 0.6 is 0 Å². The Hall–Kier alpha value is -4.53. The van der Waals surface area contributed by atoms with Crippen LogP contribution in [-0.4, -0.2) is 40.5 Å². The number of ether oxygens (including phenoxy) is 1. The molecule has 2 aliphatic rings. The van der Waals surface area contributed by atoms with Crippen LogP contribution in [0.2, 0.25) is 0 Å². The minimum atomic E-state index is -3.10. The summed E-state index contributed by atoms with van der Waals surface area (Å²) in [5.41, 5.74) is 4.35. The first kappa shape index (κ1) is 24.8. The first-order chi connectivity index (χ1) is 18.7. The van der Waals surface area contributed by atoms with Gasteiger partial charge in [0.05, 0.1) is 30.4 Å². The van der Waals surface area contributed by atoms with E-state index < -0.39 is 30.2 Å². The van der Waals surface area contributed by atoms with Crippen molar-refractivity contribution < 1.29 is 22.7 Å². The van der Waals surface area contributed by atoms with Crippen molar-refractivity contribution in [1.82, 2.24) is 9.88 Å². The van der Waals surface area contributed by atoms with Gasteiger partial charge in [-0.25, -0.2) is 13.6 Å². The van der Waals surface area contributed by atoms with Crippen molar-refractivity contribution >= 4 is 22.7 Å². The fraction of sp³-hybridized carbons (Fsp3) is 0.233. The second kappa shape index (κ2) is 9.34. The van der Waals surface area contributed by atoms with Gasteiger partial charge in [0.25, 0.3) is 11.8 Å². The van der Waals surface area contributed by atoms with Gasteiger partial charge in [-0.05, 0) is 42.3 Å². The van der Waals surface area contributed by atoms with Gasteiger partial charge in [-0.3, -0.25) is 14.8 Å². The number of aromatic nitrogens is 1. The summed E-state index contributed by atoms with van der Waals surface area (Å²) in [6, 6.07) is 21.3. The number of carbonyl (C=O) groups is 1. The van der Waals surface area contributed by atoms with Crippen molar-refractivity contribution in [2.75, 3.05) is 13.1 Å². The lowest BCUT2D eigenvalue weighted by atomic mass is 9.91. The van der Waals surface area contributed by atoms with Crippen LogP contribution in [0.4, 0.5) is 8.78 Å². The van der Waals surface area contributed by atoms with E-state index in [1.807, 2.05) is 37.3 Å². The topological polar surface area (TPSA) is 87.9 Å². The van der Waals surface area contributed by atoms with Crippen LogP contribution in [0.3, 0.4) is 0 Å². The van der Waals surface area contributed by atoms with Gasteiger partial charge in [-0.15, -0.1) is 0 Å². The number of rotatable bonds is 7. The zero-order valence-corrected chi connectivity index (χ0v) is 21.3. The molecule has 1 N–H and O–H groups in total. The maximum Gasteiger partial charge on any atom is 0.417 e. The van der Waals surface area contributed by atoms with Crippen LogP contribution in [0.15, 0.2) is 98.1 Å². The number of nitrogens with zero attached hydrogens (tertiary/aromatic N) is 2. The summed E-state index contributed by atoms with van der Waals surface area (Å²) in [5.74, 6) is -3.58. The average molecular weight is 530 g/mol. The van der Waals surface area contributed by atoms with Crippen LogP contribution < -0.4 is 10.5 Å². The Kier molecular flexibility index (Phi) is 5.94. The molecule has 2 aliphatic heterocycles. The van der Waals surface area contributed by atoms with Crippen molar-refractivity contribution in [2.45, 2.75) is 31.9 Å². The zero-order chi connectivity index (χ0) is 27.3. The summed E-state index contributed by atoms with van der Waals surface area (Å²) in [5, 5.41) is 0. The quantitative estimate of drug-likeness (QED) is 0.338. The Morgan fingerprint density at radius 1 is 1.08 bits per heavy atom. The van der Waals surface area contributed by atoms with E-state index in [0.717, 1.165) is 12.5 Å². The largest absolute Gasteiger partial charge is 0.486 e.